The van der Waals surface area contributed by atoms with Crippen LogP contribution in [0.3, 0.4) is 0 Å². The number of aromatic nitrogens is 4. The topological polar surface area (TPSA) is 172 Å². The number of H-pyrrole nitrogens is 2. The molecule has 7 N–H and O–H groups in total. The number of amides is 2. The van der Waals surface area contributed by atoms with E-state index < -0.39 is 0 Å². The van der Waals surface area contributed by atoms with E-state index >= 15 is 0 Å². The highest BCUT2D eigenvalue weighted by Crippen LogP contribution is 2.32. The Kier molecular flexibility index (Phi) is 11.1. The first-order valence-corrected chi connectivity index (χ1v) is 19.4. The molecule has 6 aromatic rings. The third-order valence-electron chi connectivity index (χ3n) is 10.4. The van der Waals surface area contributed by atoms with Crippen LogP contribution >= 0.6 is 11.6 Å². The van der Waals surface area contributed by atoms with Crippen LogP contribution < -0.4 is 21.7 Å². The number of pyridine rings is 2. The minimum atomic E-state index is -0.0232. The van der Waals surface area contributed by atoms with Crippen LogP contribution in [-0.4, -0.2) is 83.4 Å². The van der Waals surface area contributed by atoms with Crippen molar-refractivity contribution in [1.82, 2.24) is 30.6 Å². The number of anilines is 1. The Morgan fingerprint density at radius 3 is 1.71 bits per heavy atom. The molecule has 0 aliphatic carbocycles. The Labute approximate surface area is 323 Å². The van der Waals surface area contributed by atoms with Crippen molar-refractivity contribution in [3.8, 4) is 22.5 Å². The number of ether oxygens (including phenoxy) is 2. The first-order chi connectivity index (χ1) is 26.9. The Bertz CT molecular complexity index is 2330. The molecule has 2 amide bonds. The van der Waals surface area contributed by atoms with E-state index in [4.69, 9.17) is 31.8 Å². The fraction of sp³-hybridized carbons (Fsp3) is 0.333. The van der Waals surface area contributed by atoms with E-state index in [1.165, 1.54) is 0 Å². The molecule has 284 valence electrons. The third kappa shape index (κ3) is 8.37. The Hall–Kier alpha value is -5.27. The number of rotatable bonds is 4. The van der Waals surface area contributed by atoms with E-state index in [-0.39, 0.29) is 11.8 Å². The van der Waals surface area contributed by atoms with E-state index in [2.05, 4.69) is 49.1 Å². The highest BCUT2D eigenvalue weighted by atomic mass is 35.5. The number of nitrogens with one attached hydrogen (secondary N) is 5. The number of halogens is 1. The second-order valence-electron chi connectivity index (χ2n) is 14.2. The zero-order valence-corrected chi connectivity index (χ0v) is 31.3. The molecule has 0 bridgehead atoms. The average Bonchev–Trinajstić information content (AvgIpc) is 3.85. The summed E-state index contributed by atoms with van der Waals surface area (Å²) in [5.41, 5.74) is 14.6. The van der Waals surface area contributed by atoms with Crippen molar-refractivity contribution in [2.75, 3.05) is 44.8 Å². The van der Waals surface area contributed by atoms with Gasteiger partial charge in [0.15, 0.2) is 0 Å². The van der Waals surface area contributed by atoms with Crippen LogP contribution in [0.4, 0.5) is 5.82 Å². The largest absolute Gasteiger partial charge is 0.381 e. The van der Waals surface area contributed by atoms with Gasteiger partial charge in [-0.15, -0.1) is 0 Å². The van der Waals surface area contributed by atoms with E-state index in [0.29, 0.717) is 30.3 Å². The molecule has 10 rings (SSSR count). The van der Waals surface area contributed by atoms with E-state index in [1.54, 1.807) is 6.07 Å². The molecule has 0 atom stereocenters. The van der Waals surface area contributed by atoms with Crippen molar-refractivity contribution >= 4 is 51.0 Å². The summed E-state index contributed by atoms with van der Waals surface area (Å²) in [4.78, 5) is 40.1. The first kappa shape index (κ1) is 36.7. The molecule has 8 heterocycles. The summed E-state index contributed by atoms with van der Waals surface area (Å²) in [5.74, 6) is 0.856. The highest BCUT2D eigenvalue weighted by Gasteiger charge is 2.22. The van der Waals surface area contributed by atoms with Gasteiger partial charge in [-0.3, -0.25) is 9.59 Å². The maximum absolute atomic E-state index is 12.1. The molecule has 0 saturated carbocycles. The lowest BCUT2D eigenvalue weighted by Crippen LogP contribution is -2.31. The van der Waals surface area contributed by atoms with Gasteiger partial charge in [-0.1, -0.05) is 48.0 Å². The van der Waals surface area contributed by atoms with Crippen molar-refractivity contribution in [3.05, 3.63) is 100 Å². The number of para-hydroxylation sites is 2. The standard InChI is InChI=1S/C21H22N4O2.C16H12ClN3O.C5H11NO/c26-21-16-12-18(24-17(16)6-9-22-21)15-3-1-2-13-4-5-19(25-20(13)15)23-14-7-10-27-11-8-14;17-14-5-4-9-2-1-3-10(15(9)20-14)13-8-11-12(19-13)6-7-18-16(11)21;6-5-1-3-7-4-2-5/h1-5,12,14,24H,6-11H2,(H,22,26)(H,23,25);1-5,8,19H,6-7H2,(H,18,21);5H,1-4,6H2. The number of hydrogen-bond donors (Lipinski definition) is 6. The number of nitrogens with two attached hydrogens (primary N) is 1. The molecule has 55 heavy (non-hydrogen) atoms. The summed E-state index contributed by atoms with van der Waals surface area (Å²) in [6.45, 7) is 4.67. The van der Waals surface area contributed by atoms with Crippen LogP contribution in [0, 0.1) is 0 Å². The van der Waals surface area contributed by atoms with Gasteiger partial charge in [-0.25, -0.2) is 9.97 Å². The predicted octanol–water partition coefficient (Wildman–Crippen LogP) is 6.40. The van der Waals surface area contributed by atoms with Gasteiger partial charge in [0.1, 0.15) is 11.0 Å². The van der Waals surface area contributed by atoms with Crippen molar-refractivity contribution < 1.29 is 19.1 Å². The molecule has 0 unspecified atom stereocenters. The predicted molar refractivity (Wildman–Crippen MR) is 216 cm³/mol. The summed E-state index contributed by atoms with van der Waals surface area (Å²) in [7, 11) is 0. The summed E-state index contributed by atoms with van der Waals surface area (Å²) in [6.07, 6.45) is 5.73. The summed E-state index contributed by atoms with van der Waals surface area (Å²) in [6, 6.07) is 24.6. The van der Waals surface area contributed by atoms with Crippen LogP contribution in [0.25, 0.3) is 44.3 Å². The Morgan fingerprint density at radius 2 is 1.18 bits per heavy atom. The minimum absolute atomic E-state index is 0.00572. The van der Waals surface area contributed by atoms with Gasteiger partial charge in [0.2, 0.25) is 0 Å². The molecule has 4 aliphatic rings. The molecule has 12 nitrogen and oxygen atoms in total. The zero-order valence-electron chi connectivity index (χ0n) is 30.6. The number of benzene rings is 2. The van der Waals surface area contributed by atoms with E-state index in [1.807, 2.05) is 48.5 Å². The third-order valence-corrected chi connectivity index (χ3v) is 10.6. The summed E-state index contributed by atoms with van der Waals surface area (Å²) in [5, 5.41) is 11.9. The molecule has 0 radical (unpaired) electrons. The molecule has 13 heteroatoms. The molecule has 2 saturated heterocycles. The van der Waals surface area contributed by atoms with Crippen LogP contribution in [0.5, 0.6) is 0 Å². The lowest BCUT2D eigenvalue weighted by atomic mass is 10.1. The van der Waals surface area contributed by atoms with Crippen molar-refractivity contribution in [2.24, 2.45) is 5.73 Å². The van der Waals surface area contributed by atoms with Gasteiger partial charge in [-0.2, -0.15) is 0 Å². The molecular weight excluding hydrogens is 716 g/mol. The number of fused-ring (bicyclic) bond motifs is 4. The maximum atomic E-state index is 12.1. The molecule has 2 aromatic carbocycles. The van der Waals surface area contributed by atoms with Crippen LogP contribution in [0.1, 0.15) is 57.8 Å². The quantitative estimate of drug-likeness (QED) is 0.112. The number of nitrogens with zero attached hydrogens (tertiary/aromatic N) is 2. The molecule has 4 aliphatic heterocycles. The van der Waals surface area contributed by atoms with Gasteiger partial charge >= 0.3 is 0 Å². The SMILES string of the molecule is NC1CCOCC1.O=C1NCCc2[nH]c(-c3cccc4ccc(Cl)nc34)cc21.O=C1NCCc2[nH]c(-c3cccc4ccc(NC5CCOCC5)nc34)cc21. The van der Waals surface area contributed by atoms with Crippen molar-refractivity contribution in [2.45, 2.75) is 50.6 Å². The fourth-order valence-corrected chi connectivity index (χ4v) is 7.58. The van der Waals surface area contributed by atoms with Crippen LogP contribution in [-0.2, 0) is 22.3 Å². The number of hydrogen-bond acceptors (Lipinski definition) is 8. The van der Waals surface area contributed by atoms with E-state index in [0.717, 1.165) is 138 Å². The Balaban J connectivity index is 0.000000135. The molecule has 2 fully saturated rings. The monoisotopic (exact) mass is 760 g/mol. The second kappa shape index (κ2) is 16.6. The lowest BCUT2D eigenvalue weighted by molar-refractivity contribution is 0.0866. The Morgan fingerprint density at radius 1 is 0.655 bits per heavy atom. The lowest BCUT2D eigenvalue weighted by Gasteiger charge is -2.23. The van der Waals surface area contributed by atoms with Gasteiger partial charge in [0.25, 0.3) is 11.8 Å². The first-order valence-electron chi connectivity index (χ1n) is 19.0. The minimum Gasteiger partial charge on any atom is -0.381 e. The van der Waals surface area contributed by atoms with Crippen LogP contribution in [0.15, 0.2) is 72.8 Å². The van der Waals surface area contributed by atoms with Gasteiger partial charge in [0, 0.05) is 109 Å². The average molecular weight is 761 g/mol. The molecular formula is C42H45ClN8O4. The van der Waals surface area contributed by atoms with Gasteiger partial charge in [0.05, 0.1) is 22.2 Å². The van der Waals surface area contributed by atoms with E-state index in [9.17, 15) is 9.59 Å². The van der Waals surface area contributed by atoms with Gasteiger partial charge in [-0.05, 0) is 62.1 Å². The maximum Gasteiger partial charge on any atom is 0.253 e. The zero-order chi connectivity index (χ0) is 37.7. The smallest absolute Gasteiger partial charge is 0.253 e. The molecule has 0 spiro atoms. The van der Waals surface area contributed by atoms with Gasteiger partial charge < -0.3 is 41.1 Å². The van der Waals surface area contributed by atoms with Crippen LogP contribution in [0.2, 0.25) is 5.15 Å². The second-order valence-corrected chi connectivity index (χ2v) is 14.6. The fourth-order valence-electron chi connectivity index (χ4n) is 7.43. The molecule has 4 aromatic heterocycles. The number of carbonyl (C=O) groups is 2. The normalized spacial score (nSPS) is 17.2. The van der Waals surface area contributed by atoms with Crippen molar-refractivity contribution in [3.63, 3.8) is 0 Å². The summed E-state index contributed by atoms with van der Waals surface area (Å²) >= 11 is 6.02. The highest BCUT2D eigenvalue weighted by molar-refractivity contribution is 6.29. The number of aromatic amines is 2. The number of carbonyl (C=O) groups excluding carboxylic acids is 2. The van der Waals surface area contributed by atoms with Crippen molar-refractivity contribution in [1.29, 1.82) is 0 Å². The summed E-state index contributed by atoms with van der Waals surface area (Å²) < 4.78 is 10.5.